The van der Waals surface area contributed by atoms with E-state index in [1.54, 1.807) is 19.3 Å². The molecule has 3 aromatic carbocycles. The van der Waals surface area contributed by atoms with Gasteiger partial charge in [-0.05, 0) is 59.7 Å². The Balaban J connectivity index is 1.39. The fourth-order valence-electron chi connectivity index (χ4n) is 3.56. The van der Waals surface area contributed by atoms with Crippen molar-refractivity contribution in [3.05, 3.63) is 93.5 Å². The molecule has 1 atom stereocenters. The average Bonchev–Trinajstić information content (AvgIpc) is 2.83. The molecule has 170 valence electrons. The van der Waals surface area contributed by atoms with E-state index in [0.717, 1.165) is 22.4 Å². The lowest BCUT2D eigenvalue weighted by molar-refractivity contribution is -0.117. The molecule has 33 heavy (non-hydrogen) atoms. The number of ether oxygens (including phenoxy) is 3. The monoisotopic (exact) mass is 483 g/mol. The molecule has 1 N–H and O–H groups in total. The van der Waals surface area contributed by atoms with Gasteiger partial charge in [0.1, 0.15) is 12.4 Å². The van der Waals surface area contributed by atoms with Crippen molar-refractivity contribution in [2.45, 2.75) is 19.1 Å². The quantitative estimate of drug-likeness (QED) is 0.404. The van der Waals surface area contributed by atoms with Gasteiger partial charge < -0.3 is 19.5 Å². The molecule has 0 aromatic heterocycles. The van der Waals surface area contributed by atoms with Crippen molar-refractivity contribution in [1.29, 1.82) is 0 Å². The molecule has 0 bridgehead atoms. The van der Waals surface area contributed by atoms with Gasteiger partial charge in [-0.25, -0.2) is 0 Å². The van der Waals surface area contributed by atoms with Crippen LogP contribution in [-0.4, -0.2) is 19.6 Å². The highest BCUT2D eigenvalue weighted by molar-refractivity contribution is 6.30. The zero-order valence-corrected chi connectivity index (χ0v) is 19.5. The van der Waals surface area contributed by atoms with Crippen molar-refractivity contribution < 1.29 is 19.0 Å². The summed E-state index contributed by atoms with van der Waals surface area (Å²) in [5.41, 5.74) is 2.70. The van der Waals surface area contributed by atoms with Crippen molar-refractivity contribution in [2.75, 3.05) is 13.7 Å². The van der Waals surface area contributed by atoms with Crippen LogP contribution in [0.15, 0.2) is 66.7 Å². The molecule has 1 heterocycles. The zero-order chi connectivity index (χ0) is 23.2. The van der Waals surface area contributed by atoms with Crippen LogP contribution in [-0.2, 0) is 11.4 Å². The lowest BCUT2D eigenvalue weighted by Crippen LogP contribution is -2.30. The van der Waals surface area contributed by atoms with E-state index in [2.05, 4.69) is 5.32 Å². The number of amides is 1. The van der Waals surface area contributed by atoms with E-state index in [1.807, 2.05) is 54.6 Å². The van der Waals surface area contributed by atoms with Crippen molar-refractivity contribution in [3.8, 4) is 17.2 Å². The summed E-state index contributed by atoms with van der Waals surface area (Å²) < 4.78 is 17.0. The first-order chi connectivity index (χ1) is 16.0. The summed E-state index contributed by atoms with van der Waals surface area (Å²) in [6.45, 7) is 0.930. The maximum atomic E-state index is 12.5. The Bertz CT molecular complexity index is 1160. The first-order valence-corrected chi connectivity index (χ1v) is 11.2. The van der Waals surface area contributed by atoms with Crippen LogP contribution in [0.25, 0.3) is 6.08 Å². The van der Waals surface area contributed by atoms with Gasteiger partial charge in [0.2, 0.25) is 5.91 Å². The van der Waals surface area contributed by atoms with Crippen LogP contribution in [0.3, 0.4) is 0 Å². The molecule has 7 heteroatoms. The van der Waals surface area contributed by atoms with Crippen LogP contribution in [0.4, 0.5) is 0 Å². The normalized spacial score (nSPS) is 14.9. The molecule has 3 aromatic rings. The number of fused-ring (bicyclic) bond motifs is 1. The third-order valence-corrected chi connectivity index (χ3v) is 5.74. The summed E-state index contributed by atoms with van der Waals surface area (Å²) in [5.74, 6) is 1.75. The van der Waals surface area contributed by atoms with Crippen molar-refractivity contribution in [3.63, 3.8) is 0 Å². The van der Waals surface area contributed by atoms with E-state index in [0.29, 0.717) is 41.2 Å². The number of halogens is 2. The molecule has 0 spiro atoms. The van der Waals surface area contributed by atoms with E-state index in [4.69, 9.17) is 37.4 Å². The molecular formula is C26H23Cl2NO4. The van der Waals surface area contributed by atoms with Crippen LogP contribution in [0.1, 0.15) is 29.2 Å². The number of rotatable bonds is 7. The highest BCUT2D eigenvalue weighted by atomic mass is 35.5. The fraction of sp³-hybridized carbons (Fsp3) is 0.192. The Morgan fingerprint density at radius 2 is 1.85 bits per heavy atom. The summed E-state index contributed by atoms with van der Waals surface area (Å²) in [5, 5.41) is 4.32. The second-order valence-corrected chi connectivity index (χ2v) is 8.41. The fourth-order valence-corrected chi connectivity index (χ4v) is 3.86. The third-order valence-electron chi connectivity index (χ3n) is 5.25. The number of hydrogen-bond donors (Lipinski definition) is 1. The van der Waals surface area contributed by atoms with Crippen LogP contribution in [0.2, 0.25) is 10.0 Å². The zero-order valence-electron chi connectivity index (χ0n) is 18.0. The molecule has 0 saturated carbocycles. The Hall–Kier alpha value is -3.15. The van der Waals surface area contributed by atoms with Crippen LogP contribution >= 0.6 is 23.2 Å². The number of nitrogens with one attached hydrogen (secondary N) is 1. The van der Waals surface area contributed by atoms with Gasteiger partial charge >= 0.3 is 0 Å². The summed E-state index contributed by atoms with van der Waals surface area (Å²) in [6.07, 6.45) is 3.92. The lowest BCUT2D eigenvalue weighted by atomic mass is 10.0. The van der Waals surface area contributed by atoms with Gasteiger partial charge in [-0.1, -0.05) is 41.4 Å². The molecule has 1 aliphatic heterocycles. The van der Waals surface area contributed by atoms with Gasteiger partial charge in [-0.3, -0.25) is 4.79 Å². The van der Waals surface area contributed by atoms with Gasteiger partial charge in [0.25, 0.3) is 0 Å². The predicted octanol–water partition coefficient (Wildman–Crippen LogP) is 6.23. The van der Waals surface area contributed by atoms with Crippen molar-refractivity contribution >= 4 is 35.2 Å². The largest absolute Gasteiger partial charge is 0.493 e. The first-order valence-electron chi connectivity index (χ1n) is 10.5. The van der Waals surface area contributed by atoms with Crippen LogP contribution in [0.5, 0.6) is 17.2 Å². The maximum absolute atomic E-state index is 12.5. The number of hydrogen-bond acceptors (Lipinski definition) is 4. The lowest BCUT2D eigenvalue weighted by Gasteiger charge is -2.26. The molecule has 5 nitrogen and oxygen atoms in total. The SMILES string of the molecule is COc1cc(/C=C/C(=O)NC2CCOc3ccc(Cl)cc32)ccc1OCc1ccc(Cl)cc1. The van der Waals surface area contributed by atoms with Gasteiger partial charge in [-0.15, -0.1) is 0 Å². The van der Waals surface area contributed by atoms with Crippen LogP contribution in [0, 0.1) is 0 Å². The second-order valence-electron chi connectivity index (χ2n) is 7.54. The summed E-state index contributed by atoms with van der Waals surface area (Å²) >= 11 is 12.0. The summed E-state index contributed by atoms with van der Waals surface area (Å²) in [7, 11) is 1.58. The van der Waals surface area contributed by atoms with Crippen molar-refractivity contribution in [1.82, 2.24) is 5.32 Å². The Kier molecular flexibility index (Phi) is 7.43. The van der Waals surface area contributed by atoms with Gasteiger partial charge in [0.15, 0.2) is 11.5 Å². The molecule has 1 unspecified atom stereocenters. The molecule has 0 radical (unpaired) electrons. The van der Waals surface area contributed by atoms with E-state index < -0.39 is 0 Å². The highest BCUT2D eigenvalue weighted by Gasteiger charge is 2.22. The minimum absolute atomic E-state index is 0.150. The van der Waals surface area contributed by atoms with E-state index in [1.165, 1.54) is 6.08 Å². The molecule has 4 rings (SSSR count). The minimum Gasteiger partial charge on any atom is -0.493 e. The number of carbonyl (C=O) groups excluding carboxylic acids is 1. The molecule has 0 fully saturated rings. The standard InChI is InChI=1S/C26H23Cl2NO4/c1-31-25-14-17(4-9-24(25)33-16-18-2-6-19(27)7-3-18)5-11-26(30)29-22-12-13-32-23-10-8-20(28)15-21(22)23/h2-11,14-15,22H,12-13,16H2,1H3,(H,29,30)/b11-5+. The Morgan fingerprint density at radius 3 is 2.64 bits per heavy atom. The third kappa shape index (κ3) is 6.01. The Morgan fingerprint density at radius 1 is 1.06 bits per heavy atom. The predicted molar refractivity (Wildman–Crippen MR) is 130 cm³/mol. The van der Waals surface area contributed by atoms with Crippen molar-refractivity contribution in [2.24, 2.45) is 0 Å². The maximum Gasteiger partial charge on any atom is 0.244 e. The molecule has 1 aliphatic rings. The number of benzene rings is 3. The second kappa shape index (κ2) is 10.6. The minimum atomic E-state index is -0.199. The van der Waals surface area contributed by atoms with E-state index >= 15 is 0 Å². The number of methoxy groups -OCH3 is 1. The molecule has 1 amide bonds. The topological polar surface area (TPSA) is 56.8 Å². The average molecular weight is 484 g/mol. The summed E-state index contributed by atoms with van der Waals surface area (Å²) in [4.78, 5) is 12.5. The first kappa shape index (κ1) is 23.0. The van der Waals surface area contributed by atoms with Crippen LogP contribution < -0.4 is 19.5 Å². The smallest absolute Gasteiger partial charge is 0.244 e. The molecule has 0 aliphatic carbocycles. The van der Waals surface area contributed by atoms with Gasteiger partial charge in [-0.2, -0.15) is 0 Å². The van der Waals surface area contributed by atoms with E-state index in [-0.39, 0.29) is 11.9 Å². The summed E-state index contributed by atoms with van der Waals surface area (Å²) in [6, 6.07) is 18.3. The highest BCUT2D eigenvalue weighted by Crippen LogP contribution is 2.34. The van der Waals surface area contributed by atoms with Gasteiger partial charge in [0.05, 0.1) is 19.8 Å². The Labute approximate surface area is 202 Å². The number of carbonyl (C=O) groups is 1. The van der Waals surface area contributed by atoms with Gasteiger partial charge in [0, 0.05) is 28.1 Å². The molecular weight excluding hydrogens is 461 g/mol. The van der Waals surface area contributed by atoms with E-state index in [9.17, 15) is 4.79 Å². The molecule has 0 saturated heterocycles.